The molecule has 4 aromatic carbocycles. The van der Waals surface area contributed by atoms with Crippen molar-refractivity contribution in [2.45, 2.75) is 24.8 Å². The van der Waals surface area contributed by atoms with Crippen molar-refractivity contribution in [1.29, 1.82) is 0 Å². The molecule has 1 fully saturated rings. The number of carbonyl (C=O) groups is 4. The van der Waals surface area contributed by atoms with Crippen LogP contribution in [0.4, 0.5) is 0 Å². The molecule has 4 aromatic rings. The maximum absolute atomic E-state index is 14.5. The number of amides is 3. The summed E-state index contributed by atoms with van der Waals surface area (Å²) in [4.78, 5) is 57.3. The van der Waals surface area contributed by atoms with E-state index in [1.54, 1.807) is 24.3 Å². The number of hydrogen-bond acceptors (Lipinski definition) is 5. The number of methoxy groups -OCH3 is 1. The minimum atomic E-state index is -1.22. The third kappa shape index (κ3) is 4.10. The number of carbonyl (C=O) groups excluding carboxylic acids is 4. The van der Waals surface area contributed by atoms with Crippen LogP contribution in [0.25, 0.3) is 0 Å². The van der Waals surface area contributed by atoms with Gasteiger partial charge in [0.25, 0.3) is 17.7 Å². The Morgan fingerprint density at radius 1 is 0.727 bits per heavy atom. The number of Topliss-reactive ketones (excluding diaryl/α,β-unsaturated/α-hetero) is 1. The lowest BCUT2D eigenvalue weighted by Gasteiger charge is -2.45. The molecule has 0 aromatic heterocycles. The first-order valence-electron chi connectivity index (χ1n) is 14.2. The molecule has 0 unspecified atom stereocenters. The second-order valence-electron chi connectivity index (χ2n) is 11.3. The van der Waals surface area contributed by atoms with Crippen LogP contribution in [0, 0.1) is 11.8 Å². The molecule has 1 aliphatic heterocycles. The molecule has 7 nitrogen and oxygen atoms in total. The Kier molecular flexibility index (Phi) is 6.83. The van der Waals surface area contributed by atoms with Gasteiger partial charge in [-0.3, -0.25) is 19.2 Å². The maximum atomic E-state index is 14.5. The highest BCUT2D eigenvalue weighted by atomic mass is 35.5. The smallest absolute Gasteiger partial charge is 0.273 e. The number of benzene rings is 4. The van der Waals surface area contributed by atoms with E-state index in [0.717, 1.165) is 32.3 Å². The van der Waals surface area contributed by atoms with Gasteiger partial charge in [0.2, 0.25) is 0 Å². The van der Waals surface area contributed by atoms with E-state index in [1.165, 1.54) is 32.2 Å². The van der Waals surface area contributed by atoms with Crippen molar-refractivity contribution < 1.29 is 23.9 Å². The Labute approximate surface area is 263 Å². The topological polar surface area (TPSA) is 84.0 Å². The Morgan fingerprint density at radius 2 is 1.20 bits per heavy atom. The minimum Gasteiger partial charge on any atom is -0.497 e. The molecule has 3 aliphatic carbocycles. The van der Waals surface area contributed by atoms with E-state index in [0.29, 0.717) is 11.3 Å². The lowest BCUT2D eigenvalue weighted by molar-refractivity contribution is -0.156. The number of ketones is 1. The average Bonchev–Trinajstić information content (AvgIpc) is 3.31. The van der Waals surface area contributed by atoms with Gasteiger partial charge in [-0.1, -0.05) is 71.7 Å². The van der Waals surface area contributed by atoms with Gasteiger partial charge in [-0.05, 0) is 71.6 Å². The van der Waals surface area contributed by atoms with E-state index in [-0.39, 0.29) is 27.4 Å². The van der Waals surface area contributed by atoms with Crippen LogP contribution >= 0.6 is 23.2 Å². The summed E-state index contributed by atoms with van der Waals surface area (Å²) in [6.07, 6.45) is 0. The van der Waals surface area contributed by atoms with Gasteiger partial charge in [0.05, 0.1) is 29.0 Å². The van der Waals surface area contributed by atoms with Crippen LogP contribution in [0.3, 0.4) is 0 Å². The summed E-state index contributed by atoms with van der Waals surface area (Å²) in [5.41, 5.74) is 4.39. The predicted octanol–water partition coefficient (Wildman–Crippen LogP) is 6.52. The van der Waals surface area contributed by atoms with E-state index >= 15 is 0 Å². The summed E-state index contributed by atoms with van der Waals surface area (Å²) in [6.45, 7) is 1.52. The molecule has 9 heteroatoms. The molecule has 1 heterocycles. The van der Waals surface area contributed by atoms with E-state index in [9.17, 15) is 19.2 Å². The molecule has 3 amide bonds. The van der Waals surface area contributed by atoms with Crippen LogP contribution in [0.15, 0.2) is 91.0 Å². The molecule has 44 heavy (non-hydrogen) atoms. The van der Waals surface area contributed by atoms with Gasteiger partial charge in [-0.2, -0.15) is 5.01 Å². The zero-order valence-corrected chi connectivity index (χ0v) is 25.3. The molecule has 0 saturated carbocycles. The Morgan fingerprint density at radius 3 is 1.66 bits per heavy atom. The molecule has 3 atom stereocenters. The first-order chi connectivity index (χ1) is 21.2. The first-order valence-corrected chi connectivity index (χ1v) is 15.0. The normalized spacial score (nSPS) is 21.8. The number of hydrazine groups is 1. The number of hydrogen-bond donors (Lipinski definition) is 0. The fourth-order valence-electron chi connectivity index (χ4n) is 7.18. The largest absolute Gasteiger partial charge is 0.497 e. The fourth-order valence-corrected chi connectivity index (χ4v) is 7.48. The van der Waals surface area contributed by atoms with Crippen molar-refractivity contribution in [2.75, 3.05) is 7.11 Å². The van der Waals surface area contributed by atoms with Gasteiger partial charge < -0.3 is 4.74 Å². The fraction of sp³-hybridized carbons (Fsp3) is 0.200. The molecule has 4 aliphatic rings. The zero-order chi connectivity index (χ0) is 30.9. The number of nitrogens with zero attached hydrogens (tertiary/aromatic N) is 2. The first kappa shape index (κ1) is 28.3. The van der Waals surface area contributed by atoms with Crippen LogP contribution in [0.2, 0.25) is 10.0 Å². The van der Waals surface area contributed by atoms with Gasteiger partial charge in [0, 0.05) is 23.0 Å². The van der Waals surface area contributed by atoms with E-state index in [1.807, 2.05) is 48.5 Å². The summed E-state index contributed by atoms with van der Waals surface area (Å²) in [5, 5.41) is 2.29. The van der Waals surface area contributed by atoms with Gasteiger partial charge in [0.1, 0.15) is 11.8 Å². The van der Waals surface area contributed by atoms with Crippen molar-refractivity contribution in [1.82, 2.24) is 10.0 Å². The van der Waals surface area contributed by atoms with Crippen LogP contribution in [-0.2, 0) is 9.59 Å². The lowest BCUT2D eigenvalue weighted by Crippen LogP contribution is -2.56. The van der Waals surface area contributed by atoms with Crippen molar-refractivity contribution in [3.63, 3.8) is 0 Å². The van der Waals surface area contributed by atoms with Crippen LogP contribution < -0.4 is 4.74 Å². The zero-order valence-electron chi connectivity index (χ0n) is 23.7. The molecule has 0 radical (unpaired) electrons. The van der Waals surface area contributed by atoms with Crippen LogP contribution in [0.1, 0.15) is 61.7 Å². The molecular weight excluding hydrogens is 599 g/mol. The average molecular weight is 626 g/mol. The predicted molar refractivity (Wildman–Crippen MR) is 165 cm³/mol. The molecule has 0 spiro atoms. The van der Waals surface area contributed by atoms with Gasteiger partial charge in [-0.25, -0.2) is 5.01 Å². The molecule has 2 bridgehead atoms. The Hall–Kier alpha value is -4.46. The second kappa shape index (κ2) is 10.6. The summed E-state index contributed by atoms with van der Waals surface area (Å²) in [6, 6.07) is 25.3. The highest BCUT2D eigenvalue weighted by Gasteiger charge is 2.63. The third-order valence-corrected chi connectivity index (χ3v) is 9.88. The molecule has 220 valence electrons. The summed E-state index contributed by atoms with van der Waals surface area (Å²) < 4.78 is 5.22. The Bertz CT molecular complexity index is 1760. The summed E-state index contributed by atoms with van der Waals surface area (Å²) in [7, 11) is 1.52. The molecule has 8 rings (SSSR count). The summed E-state index contributed by atoms with van der Waals surface area (Å²) >= 11 is 12.4. The monoisotopic (exact) mass is 624 g/mol. The van der Waals surface area contributed by atoms with Crippen LogP contribution in [-0.4, -0.2) is 46.7 Å². The highest BCUT2D eigenvalue weighted by molar-refractivity contribution is 6.42. The second-order valence-corrected chi connectivity index (χ2v) is 12.1. The SMILES string of the molecule is COc1ccc(C(=O)[C@H](C)N(C(=O)c2ccc(Cl)c(Cl)c2)N2C(=O)[C@@H]3C4c5ccccc5C(c5ccccc54)[C@H]3C2=O)cc1. The number of imide groups is 1. The molecular formula is C35H26Cl2N2O5. The maximum Gasteiger partial charge on any atom is 0.273 e. The van der Waals surface area contributed by atoms with Gasteiger partial charge in [0.15, 0.2) is 5.78 Å². The van der Waals surface area contributed by atoms with E-state index < -0.39 is 41.4 Å². The minimum absolute atomic E-state index is 0.0822. The van der Waals surface area contributed by atoms with E-state index in [4.69, 9.17) is 27.9 Å². The molecule has 1 saturated heterocycles. The summed E-state index contributed by atoms with van der Waals surface area (Å²) in [5.74, 6) is -3.84. The van der Waals surface area contributed by atoms with Crippen molar-refractivity contribution in [3.05, 3.63) is 134 Å². The van der Waals surface area contributed by atoms with Crippen molar-refractivity contribution in [3.8, 4) is 5.75 Å². The Balaban J connectivity index is 1.35. The van der Waals surface area contributed by atoms with Crippen molar-refractivity contribution in [2.24, 2.45) is 11.8 Å². The van der Waals surface area contributed by atoms with Crippen molar-refractivity contribution >= 4 is 46.7 Å². The molecule has 0 N–H and O–H groups in total. The van der Waals surface area contributed by atoms with Gasteiger partial charge >= 0.3 is 0 Å². The number of rotatable bonds is 6. The van der Waals surface area contributed by atoms with Gasteiger partial charge in [-0.15, -0.1) is 0 Å². The highest BCUT2D eigenvalue weighted by Crippen LogP contribution is 2.61. The van der Waals surface area contributed by atoms with Crippen LogP contribution in [0.5, 0.6) is 5.75 Å². The number of halogens is 2. The number of ether oxygens (including phenoxy) is 1. The lowest BCUT2D eigenvalue weighted by atomic mass is 9.55. The standard InChI is InChI=1S/C35H26Cl2N2O5/c1-18(32(40)19-11-14-21(44-2)15-12-19)38(33(41)20-13-16-26(36)27(37)17-20)39-34(42)30-28-22-7-3-4-8-23(22)29(31(30)35(39)43)25-10-6-5-9-24(25)28/h3-18,28-31H,1-2H3/t18-,28?,29?,30+,31+/m0/s1. The quantitative estimate of drug-likeness (QED) is 0.180. The third-order valence-electron chi connectivity index (χ3n) is 9.14. The van der Waals surface area contributed by atoms with E-state index in [2.05, 4.69) is 0 Å².